The highest BCUT2D eigenvalue weighted by Gasteiger charge is 2.48. The molecule has 1 aromatic carbocycles. The summed E-state index contributed by atoms with van der Waals surface area (Å²) in [5.41, 5.74) is 1.04. The van der Waals surface area contributed by atoms with E-state index in [0.29, 0.717) is 6.61 Å². The third-order valence-corrected chi connectivity index (χ3v) is 4.29. The van der Waals surface area contributed by atoms with E-state index in [1.54, 1.807) is 0 Å². The third-order valence-electron chi connectivity index (χ3n) is 4.29. The van der Waals surface area contributed by atoms with Gasteiger partial charge < -0.3 is 28.4 Å². The molecule has 0 bridgehead atoms. The Morgan fingerprint density at radius 2 is 1.45 bits per heavy atom. The summed E-state index contributed by atoms with van der Waals surface area (Å²) in [6, 6.07) is 9.81. The smallest absolute Gasteiger partial charge is 0.186 e. The summed E-state index contributed by atoms with van der Waals surface area (Å²) in [7, 11) is 1.51. The van der Waals surface area contributed by atoms with E-state index in [0.717, 1.165) is 5.56 Å². The van der Waals surface area contributed by atoms with Gasteiger partial charge in [-0.05, 0) is 5.56 Å². The van der Waals surface area contributed by atoms with Crippen LogP contribution in [0.4, 0.5) is 0 Å². The molecule has 6 nitrogen and oxygen atoms in total. The quantitative estimate of drug-likeness (QED) is 0.528. The molecule has 1 aromatic rings. The molecule has 29 heavy (non-hydrogen) atoms. The highest BCUT2D eigenvalue weighted by atomic mass is 16.7. The van der Waals surface area contributed by atoms with Gasteiger partial charge in [0.15, 0.2) is 6.29 Å². The Balaban J connectivity index is 2.14. The van der Waals surface area contributed by atoms with Crippen LogP contribution in [0.5, 0.6) is 0 Å². The minimum absolute atomic E-state index is 0.0564. The summed E-state index contributed by atoms with van der Waals surface area (Å²) in [5.74, 6) is 7.34. The molecule has 1 aliphatic rings. The van der Waals surface area contributed by atoms with Gasteiger partial charge in [-0.25, -0.2) is 0 Å². The molecular formula is C23H26O6. The number of benzene rings is 1. The molecule has 6 heteroatoms. The largest absolute Gasteiger partial charge is 0.374 e. The third kappa shape index (κ3) is 6.89. The van der Waals surface area contributed by atoms with Crippen LogP contribution < -0.4 is 0 Å². The maximum atomic E-state index is 6.04. The minimum Gasteiger partial charge on any atom is -0.374 e. The average Bonchev–Trinajstić information content (AvgIpc) is 2.76. The first-order valence-corrected chi connectivity index (χ1v) is 9.20. The predicted octanol–water partition coefficient (Wildman–Crippen LogP) is 1.63. The Hall–Kier alpha value is -2.34. The number of terminal acetylenes is 3. The van der Waals surface area contributed by atoms with Crippen LogP contribution in [0.25, 0.3) is 0 Å². The zero-order valence-corrected chi connectivity index (χ0v) is 16.5. The lowest BCUT2D eigenvalue weighted by Crippen LogP contribution is -2.61. The standard InChI is InChI=1S/C23H26O6/c1-5-13-26-20-19(17-25-16-18-11-9-8-10-12-18)29-23(24-4)22(28-15-7-3)21(20)27-14-6-2/h1-3,8-12,19-23H,13-17H2,4H3/t19-,20-,21+,22-,23+/m1/s1. The first-order chi connectivity index (χ1) is 14.2. The molecule has 1 aliphatic heterocycles. The monoisotopic (exact) mass is 398 g/mol. The molecule has 0 N–H and O–H groups in total. The van der Waals surface area contributed by atoms with Gasteiger partial charge in [0.1, 0.15) is 44.2 Å². The highest BCUT2D eigenvalue weighted by molar-refractivity contribution is 5.13. The van der Waals surface area contributed by atoms with Gasteiger partial charge in [0.25, 0.3) is 0 Å². The van der Waals surface area contributed by atoms with Gasteiger partial charge in [-0.2, -0.15) is 0 Å². The van der Waals surface area contributed by atoms with Gasteiger partial charge in [0, 0.05) is 7.11 Å². The van der Waals surface area contributed by atoms with E-state index >= 15 is 0 Å². The Bertz CT molecular complexity index is 714. The fraction of sp³-hybridized carbons (Fsp3) is 0.478. The van der Waals surface area contributed by atoms with Crippen LogP contribution in [0.15, 0.2) is 30.3 Å². The molecule has 0 aromatic heterocycles. The molecule has 0 saturated carbocycles. The lowest BCUT2D eigenvalue weighted by Gasteiger charge is -2.44. The maximum Gasteiger partial charge on any atom is 0.186 e. The van der Waals surface area contributed by atoms with Gasteiger partial charge in [-0.15, -0.1) is 19.3 Å². The van der Waals surface area contributed by atoms with E-state index in [1.165, 1.54) is 7.11 Å². The van der Waals surface area contributed by atoms with Gasteiger partial charge in [-0.1, -0.05) is 48.1 Å². The van der Waals surface area contributed by atoms with Crippen molar-refractivity contribution < 1.29 is 28.4 Å². The SMILES string of the molecule is C#CCO[C@@H]1[C@@H](OCC#C)[C@@H](OC)O[C@H](COCc2ccccc2)[C@H]1OCC#C. The van der Waals surface area contributed by atoms with Crippen molar-refractivity contribution in [1.29, 1.82) is 0 Å². The summed E-state index contributed by atoms with van der Waals surface area (Å²) in [6.45, 7) is 0.846. The molecule has 1 saturated heterocycles. The van der Waals surface area contributed by atoms with Crippen molar-refractivity contribution in [3.63, 3.8) is 0 Å². The molecule has 0 amide bonds. The molecular weight excluding hydrogens is 372 g/mol. The lowest BCUT2D eigenvalue weighted by atomic mass is 9.98. The number of rotatable bonds is 11. The van der Waals surface area contributed by atoms with Crippen molar-refractivity contribution in [3.05, 3.63) is 35.9 Å². The van der Waals surface area contributed by atoms with Gasteiger partial charge in [-0.3, -0.25) is 0 Å². The van der Waals surface area contributed by atoms with Crippen LogP contribution in [0.1, 0.15) is 5.56 Å². The fourth-order valence-electron chi connectivity index (χ4n) is 3.07. The Morgan fingerprint density at radius 1 is 0.862 bits per heavy atom. The van der Waals surface area contributed by atoms with Crippen molar-refractivity contribution in [1.82, 2.24) is 0 Å². The topological polar surface area (TPSA) is 55.4 Å². The van der Waals surface area contributed by atoms with Crippen LogP contribution in [0.3, 0.4) is 0 Å². The zero-order valence-electron chi connectivity index (χ0n) is 16.5. The second-order valence-electron chi connectivity index (χ2n) is 6.22. The zero-order chi connectivity index (χ0) is 20.9. The Kier molecular flexibility index (Phi) is 10.3. The van der Waals surface area contributed by atoms with Crippen LogP contribution in [-0.2, 0) is 35.0 Å². The van der Waals surface area contributed by atoms with Crippen molar-refractivity contribution in [2.45, 2.75) is 37.3 Å². The second-order valence-corrected chi connectivity index (χ2v) is 6.22. The maximum absolute atomic E-state index is 6.04. The molecule has 2 rings (SSSR count). The first kappa shape index (κ1) is 22.9. The first-order valence-electron chi connectivity index (χ1n) is 9.20. The number of ether oxygens (including phenoxy) is 6. The lowest BCUT2D eigenvalue weighted by molar-refractivity contribution is -0.314. The summed E-state index contributed by atoms with van der Waals surface area (Å²) >= 11 is 0. The van der Waals surface area contributed by atoms with Crippen LogP contribution in [0.2, 0.25) is 0 Å². The number of hydrogen-bond donors (Lipinski definition) is 0. The normalized spacial score (nSPS) is 26.2. The van der Waals surface area contributed by atoms with Crippen molar-refractivity contribution >= 4 is 0 Å². The minimum atomic E-state index is -0.734. The van der Waals surface area contributed by atoms with Crippen molar-refractivity contribution in [2.24, 2.45) is 0 Å². The van der Waals surface area contributed by atoms with E-state index in [2.05, 4.69) is 17.8 Å². The molecule has 1 heterocycles. The number of methoxy groups -OCH3 is 1. The van der Waals surface area contributed by atoms with E-state index in [1.807, 2.05) is 30.3 Å². The van der Waals surface area contributed by atoms with Crippen LogP contribution in [0, 0.1) is 37.0 Å². The molecule has 0 spiro atoms. The highest BCUT2D eigenvalue weighted by Crippen LogP contribution is 2.29. The van der Waals surface area contributed by atoms with Gasteiger partial charge >= 0.3 is 0 Å². The molecule has 0 unspecified atom stereocenters. The predicted molar refractivity (Wildman–Crippen MR) is 107 cm³/mol. The average molecular weight is 398 g/mol. The van der Waals surface area contributed by atoms with E-state index in [4.69, 9.17) is 47.7 Å². The van der Waals surface area contributed by atoms with E-state index < -0.39 is 30.7 Å². The molecule has 0 radical (unpaired) electrons. The molecule has 154 valence electrons. The van der Waals surface area contributed by atoms with Gasteiger partial charge in [0.05, 0.1) is 13.2 Å². The second kappa shape index (κ2) is 13.0. The van der Waals surface area contributed by atoms with Crippen LogP contribution >= 0.6 is 0 Å². The van der Waals surface area contributed by atoms with Crippen molar-refractivity contribution in [2.75, 3.05) is 33.5 Å². The van der Waals surface area contributed by atoms with Crippen molar-refractivity contribution in [3.8, 4) is 37.0 Å². The van der Waals surface area contributed by atoms with Gasteiger partial charge in [0.2, 0.25) is 0 Å². The fourth-order valence-corrected chi connectivity index (χ4v) is 3.07. The Labute approximate surface area is 172 Å². The number of hydrogen-bond acceptors (Lipinski definition) is 6. The van der Waals surface area contributed by atoms with Crippen LogP contribution in [-0.4, -0.2) is 64.2 Å². The summed E-state index contributed by atoms with van der Waals surface area (Å²) in [5, 5.41) is 0. The van der Waals surface area contributed by atoms with E-state index in [-0.39, 0.29) is 26.4 Å². The summed E-state index contributed by atoms with van der Waals surface area (Å²) < 4.78 is 34.8. The Morgan fingerprint density at radius 3 is 2.03 bits per heavy atom. The summed E-state index contributed by atoms with van der Waals surface area (Å²) in [6.07, 6.45) is 13.0. The van der Waals surface area contributed by atoms with E-state index in [9.17, 15) is 0 Å². The molecule has 0 aliphatic carbocycles. The molecule has 5 atom stereocenters. The summed E-state index contributed by atoms with van der Waals surface area (Å²) in [4.78, 5) is 0. The molecule has 1 fully saturated rings.